The van der Waals surface area contributed by atoms with Crippen LogP contribution in [-0.2, 0) is 6.42 Å². The Morgan fingerprint density at radius 3 is 2.71 bits per heavy atom. The van der Waals surface area contributed by atoms with Crippen molar-refractivity contribution >= 4 is 0 Å². The number of aryl methyl sites for hydroxylation is 1. The van der Waals surface area contributed by atoms with Crippen molar-refractivity contribution in [3.63, 3.8) is 0 Å². The fourth-order valence-corrected chi connectivity index (χ4v) is 1.89. The van der Waals surface area contributed by atoms with E-state index in [0.29, 0.717) is 6.04 Å². The van der Waals surface area contributed by atoms with Crippen molar-refractivity contribution in [2.45, 2.75) is 25.8 Å². The maximum atomic E-state index is 5.07. The SMILES string of the molecule is CC(NCCCc1ccccc1)c1ccoc1. The van der Waals surface area contributed by atoms with Crippen molar-refractivity contribution in [1.29, 1.82) is 0 Å². The number of hydrogen-bond donors (Lipinski definition) is 1. The third kappa shape index (κ3) is 3.75. The van der Waals surface area contributed by atoms with Crippen molar-refractivity contribution in [3.8, 4) is 0 Å². The lowest BCUT2D eigenvalue weighted by Gasteiger charge is -2.11. The minimum absolute atomic E-state index is 0.365. The highest BCUT2D eigenvalue weighted by Crippen LogP contribution is 2.12. The van der Waals surface area contributed by atoms with E-state index in [2.05, 4.69) is 42.6 Å². The van der Waals surface area contributed by atoms with E-state index in [1.54, 1.807) is 12.5 Å². The van der Waals surface area contributed by atoms with Crippen molar-refractivity contribution in [2.24, 2.45) is 0 Å². The summed E-state index contributed by atoms with van der Waals surface area (Å²) < 4.78 is 5.07. The van der Waals surface area contributed by atoms with Crippen LogP contribution >= 0.6 is 0 Å². The Balaban J connectivity index is 1.67. The maximum absolute atomic E-state index is 5.07. The van der Waals surface area contributed by atoms with Gasteiger partial charge in [-0.3, -0.25) is 0 Å². The summed E-state index contributed by atoms with van der Waals surface area (Å²) in [6, 6.07) is 13.0. The Morgan fingerprint density at radius 1 is 1.18 bits per heavy atom. The smallest absolute Gasteiger partial charge is 0.0950 e. The highest BCUT2D eigenvalue weighted by Gasteiger charge is 2.04. The van der Waals surface area contributed by atoms with Crippen LogP contribution < -0.4 is 5.32 Å². The summed E-state index contributed by atoms with van der Waals surface area (Å²) in [5.74, 6) is 0. The Morgan fingerprint density at radius 2 is 2.00 bits per heavy atom. The molecule has 1 aromatic carbocycles. The van der Waals surface area contributed by atoms with Gasteiger partial charge in [-0.1, -0.05) is 30.3 Å². The first-order valence-electron chi connectivity index (χ1n) is 6.15. The first-order valence-corrected chi connectivity index (χ1v) is 6.15. The third-order valence-electron chi connectivity index (χ3n) is 2.98. The molecule has 0 amide bonds. The summed E-state index contributed by atoms with van der Waals surface area (Å²) in [6.45, 7) is 3.19. The molecule has 2 aromatic rings. The van der Waals surface area contributed by atoms with Crippen LogP contribution in [0, 0.1) is 0 Å². The molecule has 0 aliphatic carbocycles. The van der Waals surface area contributed by atoms with E-state index in [4.69, 9.17) is 4.42 Å². The minimum atomic E-state index is 0.365. The summed E-state index contributed by atoms with van der Waals surface area (Å²) in [5.41, 5.74) is 2.62. The Hall–Kier alpha value is -1.54. The van der Waals surface area contributed by atoms with Gasteiger partial charge < -0.3 is 9.73 Å². The van der Waals surface area contributed by atoms with Crippen molar-refractivity contribution < 1.29 is 4.42 Å². The lowest BCUT2D eigenvalue weighted by molar-refractivity contribution is 0.532. The van der Waals surface area contributed by atoms with Crippen LogP contribution in [0.3, 0.4) is 0 Å². The largest absolute Gasteiger partial charge is 0.472 e. The van der Waals surface area contributed by atoms with Crippen LogP contribution in [-0.4, -0.2) is 6.54 Å². The lowest BCUT2D eigenvalue weighted by atomic mass is 10.1. The molecule has 0 radical (unpaired) electrons. The number of benzene rings is 1. The zero-order chi connectivity index (χ0) is 11.9. The monoisotopic (exact) mass is 229 g/mol. The molecule has 90 valence electrons. The average molecular weight is 229 g/mol. The average Bonchev–Trinajstić information content (AvgIpc) is 2.89. The molecule has 0 aliphatic heterocycles. The van der Waals surface area contributed by atoms with Gasteiger partial charge in [0.2, 0.25) is 0 Å². The van der Waals surface area contributed by atoms with E-state index in [1.807, 2.05) is 6.07 Å². The number of hydrogen-bond acceptors (Lipinski definition) is 2. The second-order valence-electron chi connectivity index (χ2n) is 4.32. The van der Waals surface area contributed by atoms with Gasteiger partial charge in [-0.05, 0) is 37.9 Å². The molecule has 0 saturated heterocycles. The van der Waals surface area contributed by atoms with Gasteiger partial charge in [0.1, 0.15) is 0 Å². The van der Waals surface area contributed by atoms with E-state index >= 15 is 0 Å². The molecule has 0 saturated carbocycles. The van der Waals surface area contributed by atoms with Gasteiger partial charge in [0.15, 0.2) is 0 Å². The number of furan rings is 1. The van der Waals surface area contributed by atoms with Crippen molar-refractivity contribution in [2.75, 3.05) is 6.54 Å². The zero-order valence-corrected chi connectivity index (χ0v) is 10.2. The van der Waals surface area contributed by atoms with E-state index < -0.39 is 0 Å². The third-order valence-corrected chi connectivity index (χ3v) is 2.98. The zero-order valence-electron chi connectivity index (χ0n) is 10.2. The van der Waals surface area contributed by atoms with Gasteiger partial charge in [0, 0.05) is 11.6 Å². The van der Waals surface area contributed by atoms with E-state index in [0.717, 1.165) is 19.4 Å². The number of rotatable bonds is 6. The minimum Gasteiger partial charge on any atom is -0.472 e. The molecule has 2 heteroatoms. The molecule has 1 heterocycles. The summed E-state index contributed by atoms with van der Waals surface area (Å²) in [4.78, 5) is 0. The van der Waals surface area contributed by atoms with Crippen LogP contribution in [0.25, 0.3) is 0 Å². The van der Waals surface area contributed by atoms with Crippen LogP contribution in [0.1, 0.15) is 30.5 Å². The first kappa shape index (κ1) is 11.9. The van der Waals surface area contributed by atoms with Gasteiger partial charge in [0.05, 0.1) is 12.5 Å². The molecule has 2 rings (SSSR count). The van der Waals surface area contributed by atoms with Crippen LogP contribution in [0.2, 0.25) is 0 Å². The first-order chi connectivity index (χ1) is 8.36. The summed E-state index contributed by atoms with van der Waals surface area (Å²) in [7, 11) is 0. The maximum Gasteiger partial charge on any atom is 0.0950 e. The molecule has 0 aliphatic rings. The van der Waals surface area contributed by atoms with Crippen molar-refractivity contribution in [1.82, 2.24) is 5.32 Å². The summed E-state index contributed by atoms with van der Waals surface area (Å²) in [5, 5.41) is 3.50. The van der Waals surface area contributed by atoms with E-state index in [1.165, 1.54) is 11.1 Å². The normalized spacial score (nSPS) is 12.5. The molecular weight excluding hydrogens is 210 g/mol. The van der Waals surface area contributed by atoms with Crippen molar-refractivity contribution in [3.05, 3.63) is 60.1 Å². The molecule has 0 spiro atoms. The molecule has 1 N–H and O–H groups in total. The van der Waals surface area contributed by atoms with Gasteiger partial charge in [-0.2, -0.15) is 0 Å². The van der Waals surface area contributed by atoms with Gasteiger partial charge in [-0.25, -0.2) is 0 Å². The van der Waals surface area contributed by atoms with Crippen LogP contribution in [0.4, 0.5) is 0 Å². The van der Waals surface area contributed by atoms with Gasteiger partial charge >= 0.3 is 0 Å². The quantitative estimate of drug-likeness (QED) is 0.766. The molecule has 2 nitrogen and oxygen atoms in total. The van der Waals surface area contributed by atoms with E-state index in [-0.39, 0.29) is 0 Å². The molecule has 0 bridgehead atoms. The molecule has 1 aromatic heterocycles. The predicted molar refractivity (Wildman–Crippen MR) is 69.9 cm³/mol. The molecule has 17 heavy (non-hydrogen) atoms. The molecule has 1 unspecified atom stereocenters. The van der Waals surface area contributed by atoms with Gasteiger partial charge in [0.25, 0.3) is 0 Å². The molecule has 0 fully saturated rings. The highest BCUT2D eigenvalue weighted by molar-refractivity contribution is 5.14. The predicted octanol–water partition coefficient (Wildman–Crippen LogP) is 3.56. The Labute approximate surface area is 103 Å². The molecule has 1 atom stereocenters. The summed E-state index contributed by atoms with van der Waals surface area (Å²) >= 11 is 0. The van der Waals surface area contributed by atoms with Crippen LogP contribution in [0.5, 0.6) is 0 Å². The standard InChI is InChI=1S/C15H19NO/c1-13(15-9-11-17-12-15)16-10-5-8-14-6-3-2-4-7-14/h2-4,6-7,9,11-13,16H,5,8,10H2,1H3. The second-order valence-corrected chi connectivity index (χ2v) is 4.32. The number of nitrogens with one attached hydrogen (secondary N) is 1. The highest BCUT2D eigenvalue weighted by atomic mass is 16.3. The fraction of sp³-hybridized carbons (Fsp3) is 0.333. The van der Waals surface area contributed by atoms with Gasteiger partial charge in [-0.15, -0.1) is 0 Å². The molecular formula is C15H19NO. The Kier molecular flexibility index (Phi) is 4.39. The topological polar surface area (TPSA) is 25.2 Å². The lowest BCUT2D eigenvalue weighted by Crippen LogP contribution is -2.19. The fourth-order valence-electron chi connectivity index (χ4n) is 1.89. The van der Waals surface area contributed by atoms with E-state index in [9.17, 15) is 0 Å². The van der Waals surface area contributed by atoms with Crippen LogP contribution in [0.15, 0.2) is 53.3 Å². The second kappa shape index (κ2) is 6.26. The summed E-state index contributed by atoms with van der Waals surface area (Å²) in [6.07, 6.45) is 5.81. The Bertz CT molecular complexity index is 408.